The van der Waals surface area contributed by atoms with Gasteiger partial charge < -0.3 is 4.90 Å². The van der Waals surface area contributed by atoms with Gasteiger partial charge in [0.25, 0.3) is 5.91 Å². The molecule has 1 fully saturated rings. The van der Waals surface area contributed by atoms with Crippen LogP contribution in [0.2, 0.25) is 5.02 Å². The Bertz CT molecular complexity index is 477. The predicted octanol–water partition coefficient (Wildman–Crippen LogP) is 4.75. The van der Waals surface area contributed by atoms with Crippen molar-refractivity contribution in [3.8, 4) is 0 Å². The van der Waals surface area contributed by atoms with E-state index in [1.807, 2.05) is 24.1 Å². The second kappa shape index (κ2) is 6.27. The Morgan fingerprint density at radius 2 is 2.16 bits per heavy atom. The molecular formula is C15H19BrClNO. The number of carbonyl (C=O) groups is 1. The molecule has 0 radical (unpaired) electrons. The second-order valence-electron chi connectivity index (χ2n) is 5.47. The van der Waals surface area contributed by atoms with E-state index >= 15 is 0 Å². The zero-order chi connectivity index (χ0) is 14.0. The van der Waals surface area contributed by atoms with Crippen LogP contribution in [0.15, 0.2) is 22.7 Å². The fourth-order valence-electron chi connectivity index (χ4n) is 2.75. The van der Waals surface area contributed by atoms with Crippen molar-refractivity contribution >= 4 is 33.4 Å². The summed E-state index contributed by atoms with van der Waals surface area (Å²) in [5.74, 6) is 0.774. The summed E-state index contributed by atoms with van der Waals surface area (Å²) in [6.07, 6.45) is 4.70. The lowest BCUT2D eigenvalue weighted by atomic mass is 9.86. The van der Waals surface area contributed by atoms with E-state index in [0.717, 1.165) is 17.3 Å². The molecule has 4 heteroatoms. The molecule has 0 bridgehead atoms. The van der Waals surface area contributed by atoms with Gasteiger partial charge in [0.05, 0.1) is 5.02 Å². The van der Waals surface area contributed by atoms with Crippen LogP contribution < -0.4 is 0 Å². The minimum atomic E-state index is 0.0634. The van der Waals surface area contributed by atoms with E-state index in [0.29, 0.717) is 22.5 Å². The van der Waals surface area contributed by atoms with Crippen molar-refractivity contribution in [3.63, 3.8) is 0 Å². The molecule has 0 saturated heterocycles. The highest BCUT2D eigenvalue weighted by molar-refractivity contribution is 9.10. The van der Waals surface area contributed by atoms with Crippen molar-refractivity contribution in [1.82, 2.24) is 4.90 Å². The second-order valence-corrected chi connectivity index (χ2v) is 6.73. The third kappa shape index (κ3) is 3.51. The van der Waals surface area contributed by atoms with Gasteiger partial charge in [-0.3, -0.25) is 4.79 Å². The number of hydrogen-bond acceptors (Lipinski definition) is 1. The fraction of sp³-hybridized carbons (Fsp3) is 0.533. The van der Waals surface area contributed by atoms with Gasteiger partial charge in [0.1, 0.15) is 0 Å². The van der Waals surface area contributed by atoms with E-state index in [-0.39, 0.29) is 5.91 Å². The van der Waals surface area contributed by atoms with E-state index in [9.17, 15) is 4.79 Å². The molecule has 2 unspecified atom stereocenters. The van der Waals surface area contributed by atoms with Crippen LogP contribution in [-0.4, -0.2) is 23.9 Å². The van der Waals surface area contributed by atoms with Crippen molar-refractivity contribution in [2.75, 3.05) is 7.05 Å². The van der Waals surface area contributed by atoms with Crippen LogP contribution >= 0.6 is 27.5 Å². The van der Waals surface area contributed by atoms with E-state index < -0.39 is 0 Å². The first-order valence-electron chi connectivity index (χ1n) is 6.71. The Labute approximate surface area is 128 Å². The summed E-state index contributed by atoms with van der Waals surface area (Å²) in [4.78, 5) is 14.4. The first kappa shape index (κ1) is 14.9. The van der Waals surface area contributed by atoms with Gasteiger partial charge in [-0.15, -0.1) is 0 Å². The Kier molecular flexibility index (Phi) is 4.91. The molecular weight excluding hydrogens is 326 g/mol. The van der Waals surface area contributed by atoms with E-state index in [1.165, 1.54) is 12.8 Å². The third-order valence-corrected chi connectivity index (χ3v) is 5.18. The maximum Gasteiger partial charge on any atom is 0.253 e. The lowest BCUT2D eigenvalue weighted by molar-refractivity contribution is 0.0672. The molecule has 1 amide bonds. The van der Waals surface area contributed by atoms with E-state index in [4.69, 9.17) is 11.6 Å². The minimum absolute atomic E-state index is 0.0634. The van der Waals surface area contributed by atoms with Crippen LogP contribution in [0.5, 0.6) is 0 Å². The molecule has 2 rings (SSSR count). The monoisotopic (exact) mass is 343 g/mol. The summed E-state index contributed by atoms with van der Waals surface area (Å²) in [5, 5.41) is 0.580. The summed E-state index contributed by atoms with van der Waals surface area (Å²) in [5.41, 5.74) is 0.661. The van der Waals surface area contributed by atoms with Gasteiger partial charge >= 0.3 is 0 Å². The summed E-state index contributed by atoms with van der Waals surface area (Å²) < 4.78 is 0.819. The number of nitrogens with zero attached hydrogens (tertiary/aromatic N) is 1. The zero-order valence-electron chi connectivity index (χ0n) is 11.3. The number of halogens is 2. The molecule has 1 saturated carbocycles. The molecule has 2 atom stereocenters. The van der Waals surface area contributed by atoms with Crippen LogP contribution in [0.1, 0.15) is 43.0 Å². The number of hydrogen-bond donors (Lipinski definition) is 0. The van der Waals surface area contributed by atoms with Crippen LogP contribution in [0.4, 0.5) is 0 Å². The lowest BCUT2D eigenvalue weighted by Gasteiger charge is -2.34. The van der Waals surface area contributed by atoms with Crippen molar-refractivity contribution in [2.45, 2.75) is 38.6 Å². The van der Waals surface area contributed by atoms with Crippen LogP contribution in [0.25, 0.3) is 0 Å². The van der Waals surface area contributed by atoms with Crippen LogP contribution in [-0.2, 0) is 0 Å². The number of carbonyl (C=O) groups excluding carboxylic acids is 1. The Morgan fingerprint density at radius 1 is 1.42 bits per heavy atom. The molecule has 104 valence electrons. The largest absolute Gasteiger partial charge is 0.339 e. The maximum absolute atomic E-state index is 12.5. The van der Waals surface area contributed by atoms with Gasteiger partial charge in [0.15, 0.2) is 0 Å². The van der Waals surface area contributed by atoms with Gasteiger partial charge in [-0.05, 0) is 52.9 Å². The van der Waals surface area contributed by atoms with Crippen molar-refractivity contribution < 1.29 is 4.79 Å². The maximum atomic E-state index is 12.5. The highest BCUT2D eigenvalue weighted by Gasteiger charge is 2.26. The van der Waals surface area contributed by atoms with Crippen LogP contribution in [0.3, 0.4) is 0 Å². The summed E-state index contributed by atoms with van der Waals surface area (Å²) in [6, 6.07) is 5.74. The topological polar surface area (TPSA) is 20.3 Å². The highest BCUT2D eigenvalue weighted by atomic mass is 79.9. The molecule has 0 aromatic heterocycles. The van der Waals surface area contributed by atoms with Gasteiger partial charge in [0.2, 0.25) is 0 Å². The SMILES string of the molecule is CC1CCCC(N(C)C(=O)c2ccc(Br)c(Cl)c2)C1. The Morgan fingerprint density at radius 3 is 2.79 bits per heavy atom. The van der Waals surface area contributed by atoms with Crippen LogP contribution in [0, 0.1) is 5.92 Å². The summed E-state index contributed by atoms with van der Waals surface area (Å²) >= 11 is 9.40. The molecule has 0 aliphatic heterocycles. The first-order valence-corrected chi connectivity index (χ1v) is 7.88. The molecule has 1 aliphatic carbocycles. The molecule has 0 heterocycles. The van der Waals surface area contributed by atoms with Crippen molar-refractivity contribution in [1.29, 1.82) is 0 Å². The van der Waals surface area contributed by atoms with E-state index in [2.05, 4.69) is 22.9 Å². The first-order chi connectivity index (χ1) is 8.99. The summed E-state index contributed by atoms with van der Waals surface area (Å²) in [6.45, 7) is 2.26. The minimum Gasteiger partial charge on any atom is -0.339 e. The molecule has 1 aromatic carbocycles. The van der Waals surface area contributed by atoms with Gasteiger partial charge in [0, 0.05) is 23.1 Å². The average molecular weight is 345 g/mol. The normalized spacial score (nSPS) is 23.2. The molecule has 1 aromatic rings. The van der Waals surface area contributed by atoms with Crippen molar-refractivity contribution in [2.24, 2.45) is 5.92 Å². The number of benzene rings is 1. The average Bonchev–Trinajstić information content (AvgIpc) is 2.40. The van der Waals surface area contributed by atoms with Gasteiger partial charge in [-0.25, -0.2) is 0 Å². The molecule has 0 N–H and O–H groups in total. The quantitative estimate of drug-likeness (QED) is 0.758. The zero-order valence-corrected chi connectivity index (χ0v) is 13.7. The fourth-order valence-corrected chi connectivity index (χ4v) is 3.18. The van der Waals surface area contributed by atoms with E-state index in [1.54, 1.807) is 6.07 Å². The van der Waals surface area contributed by atoms with Gasteiger partial charge in [-0.1, -0.05) is 31.4 Å². The molecule has 0 spiro atoms. The Balaban J connectivity index is 2.11. The number of rotatable bonds is 2. The molecule has 1 aliphatic rings. The summed E-state index contributed by atoms with van der Waals surface area (Å²) in [7, 11) is 1.90. The standard InChI is InChI=1S/C15H19BrClNO/c1-10-4-3-5-12(8-10)18(2)15(19)11-6-7-13(16)14(17)9-11/h6-7,9-10,12H,3-5,8H2,1-2H3. The lowest BCUT2D eigenvalue weighted by Crippen LogP contribution is -2.39. The third-order valence-electron chi connectivity index (χ3n) is 3.94. The predicted molar refractivity (Wildman–Crippen MR) is 82.7 cm³/mol. The number of amides is 1. The molecule has 2 nitrogen and oxygen atoms in total. The Hall–Kier alpha value is -0.540. The van der Waals surface area contributed by atoms with Crippen molar-refractivity contribution in [3.05, 3.63) is 33.3 Å². The smallest absolute Gasteiger partial charge is 0.253 e. The van der Waals surface area contributed by atoms with Gasteiger partial charge in [-0.2, -0.15) is 0 Å². The highest BCUT2D eigenvalue weighted by Crippen LogP contribution is 2.28. The molecule has 19 heavy (non-hydrogen) atoms.